The molecule has 0 spiro atoms. The highest BCUT2D eigenvalue weighted by atomic mass is 32.2. The first kappa shape index (κ1) is 25.3. The first-order valence-corrected chi connectivity index (χ1v) is 12.6. The van der Waals surface area contributed by atoms with Crippen LogP contribution in [-0.4, -0.2) is 55.6 Å². The molecule has 0 amide bonds. The number of fused-ring (bicyclic) bond motifs is 1. The average Bonchev–Trinajstić information content (AvgIpc) is 3.09. The number of hydrogen-bond donors (Lipinski definition) is 3. The molecule has 0 fully saturated rings. The fourth-order valence-corrected chi connectivity index (χ4v) is 4.72. The van der Waals surface area contributed by atoms with E-state index in [1.165, 1.54) is 11.4 Å². The lowest BCUT2D eigenvalue weighted by Crippen LogP contribution is -2.47. The maximum Gasteiger partial charge on any atom is 0.337 e. The highest BCUT2D eigenvalue weighted by molar-refractivity contribution is 7.92. The topological polar surface area (TPSA) is 138 Å². The van der Waals surface area contributed by atoms with Gasteiger partial charge in [-0.25, -0.2) is 13.2 Å². The summed E-state index contributed by atoms with van der Waals surface area (Å²) in [5.74, 6) is -0.522. The van der Waals surface area contributed by atoms with Crippen LogP contribution in [-0.2, 0) is 14.8 Å². The Bertz CT molecular complexity index is 1340. The van der Waals surface area contributed by atoms with E-state index in [1.807, 2.05) is 6.92 Å². The first-order valence-electron chi connectivity index (χ1n) is 10.7. The molecule has 0 aliphatic carbocycles. The van der Waals surface area contributed by atoms with Gasteiger partial charge in [0.2, 0.25) is 10.0 Å². The molecule has 2 aromatic carbocycles. The van der Waals surface area contributed by atoms with Crippen molar-refractivity contribution in [2.24, 2.45) is 10.7 Å². The number of aromatic hydroxyl groups is 1. The number of benzene rings is 2. The Hall–Kier alpha value is -3.37. The van der Waals surface area contributed by atoms with E-state index in [2.05, 4.69) is 4.98 Å². The lowest BCUT2D eigenvalue weighted by molar-refractivity contribution is 0.0601. The van der Waals surface area contributed by atoms with Gasteiger partial charge in [0.25, 0.3) is 0 Å². The molecule has 10 heteroatoms. The van der Waals surface area contributed by atoms with Gasteiger partial charge in [0.15, 0.2) is 5.88 Å². The molecule has 0 saturated carbocycles. The number of ether oxygens (including phenoxy) is 1. The van der Waals surface area contributed by atoms with Crippen LogP contribution in [0.3, 0.4) is 0 Å². The van der Waals surface area contributed by atoms with Gasteiger partial charge in [-0.1, -0.05) is 13.0 Å². The van der Waals surface area contributed by atoms with E-state index in [9.17, 15) is 18.3 Å². The quantitative estimate of drug-likeness (QED) is 0.328. The number of carbonyl (C=O) groups excluding carboxylic acids is 1. The third-order valence-corrected chi connectivity index (χ3v) is 6.32. The zero-order valence-corrected chi connectivity index (χ0v) is 20.7. The van der Waals surface area contributed by atoms with Gasteiger partial charge in [0.1, 0.15) is 0 Å². The number of rotatable bonds is 8. The third kappa shape index (κ3) is 5.57. The number of aromatic amines is 1. The number of aliphatic imine (C=N–C) groups is 1. The minimum Gasteiger partial charge on any atom is -0.494 e. The number of methoxy groups -OCH3 is 1. The zero-order chi connectivity index (χ0) is 25.3. The summed E-state index contributed by atoms with van der Waals surface area (Å²) in [4.78, 5) is 19.4. The van der Waals surface area contributed by atoms with E-state index in [0.717, 1.165) is 11.6 Å². The summed E-state index contributed by atoms with van der Waals surface area (Å²) in [5, 5.41) is 11.3. The van der Waals surface area contributed by atoms with Crippen molar-refractivity contribution in [3.05, 3.63) is 53.6 Å². The second-order valence-corrected chi connectivity index (χ2v) is 10.7. The van der Waals surface area contributed by atoms with Crippen molar-refractivity contribution < 1.29 is 23.1 Å². The molecule has 3 rings (SSSR count). The van der Waals surface area contributed by atoms with Gasteiger partial charge in [0, 0.05) is 16.4 Å². The number of anilines is 1. The molecular weight excluding hydrogens is 456 g/mol. The first-order chi connectivity index (χ1) is 15.8. The van der Waals surface area contributed by atoms with Crippen LogP contribution in [0.2, 0.25) is 0 Å². The van der Waals surface area contributed by atoms with E-state index in [4.69, 9.17) is 15.5 Å². The van der Waals surface area contributed by atoms with Gasteiger partial charge in [-0.15, -0.1) is 0 Å². The molecule has 0 radical (unpaired) electrons. The number of esters is 1. The van der Waals surface area contributed by atoms with Gasteiger partial charge in [0.05, 0.1) is 48.1 Å². The van der Waals surface area contributed by atoms with Crippen molar-refractivity contribution in [2.75, 3.05) is 24.2 Å². The summed E-state index contributed by atoms with van der Waals surface area (Å²) in [6.45, 7) is 5.58. The smallest absolute Gasteiger partial charge is 0.337 e. The van der Waals surface area contributed by atoms with Crippen LogP contribution in [0.15, 0.2) is 47.5 Å². The number of H-pyrrole nitrogens is 1. The van der Waals surface area contributed by atoms with Crippen LogP contribution >= 0.6 is 0 Å². The van der Waals surface area contributed by atoms with Gasteiger partial charge in [-0.3, -0.25) is 9.30 Å². The monoisotopic (exact) mass is 486 g/mol. The zero-order valence-electron chi connectivity index (χ0n) is 19.9. The molecule has 3 aromatic rings. The number of sulfonamides is 1. The Labute approximate surface area is 199 Å². The lowest BCUT2D eigenvalue weighted by Gasteiger charge is -2.29. The number of hydrogen-bond acceptors (Lipinski definition) is 7. The van der Waals surface area contributed by atoms with Crippen molar-refractivity contribution in [1.29, 1.82) is 0 Å². The predicted molar refractivity (Wildman–Crippen MR) is 135 cm³/mol. The molecule has 4 N–H and O–H groups in total. The van der Waals surface area contributed by atoms with E-state index >= 15 is 0 Å². The second-order valence-electron chi connectivity index (χ2n) is 8.79. The summed E-state index contributed by atoms with van der Waals surface area (Å²) in [7, 11) is -2.21. The Morgan fingerprint density at radius 1 is 1.21 bits per heavy atom. The average molecular weight is 487 g/mol. The fraction of sp³-hybridized carbons (Fsp3) is 0.333. The van der Waals surface area contributed by atoms with E-state index < -0.39 is 21.5 Å². The normalized spacial score (nSPS) is 12.7. The molecule has 1 aromatic heterocycles. The summed E-state index contributed by atoms with van der Waals surface area (Å²) >= 11 is 0. The van der Waals surface area contributed by atoms with Crippen molar-refractivity contribution in [3.63, 3.8) is 0 Å². The van der Waals surface area contributed by atoms with Crippen LogP contribution in [0.25, 0.3) is 10.9 Å². The summed E-state index contributed by atoms with van der Waals surface area (Å²) in [5.41, 5.74) is 8.55. The molecule has 0 aliphatic heterocycles. The number of aromatic nitrogens is 1. The van der Waals surface area contributed by atoms with Crippen LogP contribution in [0.4, 0.5) is 11.4 Å². The fourth-order valence-electron chi connectivity index (χ4n) is 3.65. The van der Waals surface area contributed by atoms with Crippen molar-refractivity contribution in [1.82, 2.24) is 4.98 Å². The van der Waals surface area contributed by atoms with Crippen LogP contribution < -0.4 is 10.0 Å². The lowest BCUT2D eigenvalue weighted by atomic mass is 10.0. The maximum atomic E-state index is 12.3. The molecule has 0 aliphatic rings. The molecular formula is C24H30N4O5S. The second kappa shape index (κ2) is 9.47. The van der Waals surface area contributed by atoms with Crippen molar-refractivity contribution in [2.45, 2.75) is 32.7 Å². The highest BCUT2D eigenvalue weighted by Gasteiger charge is 2.24. The molecule has 0 saturated heterocycles. The van der Waals surface area contributed by atoms with Gasteiger partial charge < -0.3 is 20.6 Å². The molecule has 1 heterocycles. The summed E-state index contributed by atoms with van der Waals surface area (Å²) in [6, 6.07) is 11.8. The number of nitrogens with two attached hydrogens (primary N) is 1. The highest BCUT2D eigenvalue weighted by Crippen LogP contribution is 2.31. The number of nitrogens with one attached hydrogen (secondary N) is 1. The van der Waals surface area contributed by atoms with Crippen molar-refractivity contribution in [3.8, 4) is 5.88 Å². The molecule has 34 heavy (non-hydrogen) atoms. The molecule has 0 bridgehead atoms. The molecule has 182 valence electrons. The minimum atomic E-state index is -3.52. The largest absolute Gasteiger partial charge is 0.494 e. The summed E-state index contributed by atoms with van der Waals surface area (Å²) < 4.78 is 30.6. The molecule has 0 atom stereocenters. The SMILES string of the molecule is CCC(=Nc1ccc(N(CC(C)(C)N)S(C)(=O)=O)cc1)c1c(O)[nH]c2cc(C(=O)OC)ccc12. The Balaban J connectivity index is 1.99. The van der Waals surface area contributed by atoms with E-state index in [1.54, 1.807) is 56.3 Å². The van der Waals surface area contributed by atoms with Crippen LogP contribution in [0, 0.1) is 0 Å². The minimum absolute atomic E-state index is 0.0531. The van der Waals surface area contributed by atoms with Gasteiger partial charge >= 0.3 is 5.97 Å². The number of carbonyl (C=O) groups is 1. The molecule has 0 unspecified atom stereocenters. The summed E-state index contributed by atoms with van der Waals surface area (Å²) in [6.07, 6.45) is 1.67. The van der Waals surface area contributed by atoms with Crippen molar-refractivity contribution >= 4 is 44.0 Å². The van der Waals surface area contributed by atoms with Gasteiger partial charge in [-0.2, -0.15) is 0 Å². The maximum absolute atomic E-state index is 12.3. The predicted octanol–water partition coefficient (Wildman–Crippen LogP) is 3.69. The Morgan fingerprint density at radius 2 is 1.85 bits per heavy atom. The third-order valence-electron chi connectivity index (χ3n) is 5.18. The van der Waals surface area contributed by atoms with Crippen LogP contribution in [0.5, 0.6) is 5.88 Å². The molecule has 9 nitrogen and oxygen atoms in total. The van der Waals surface area contributed by atoms with Gasteiger partial charge in [-0.05, 0) is 56.7 Å². The Kier molecular flexibility index (Phi) is 7.04. The van der Waals surface area contributed by atoms with E-state index in [-0.39, 0.29) is 12.4 Å². The Morgan fingerprint density at radius 3 is 2.38 bits per heavy atom. The van der Waals surface area contributed by atoms with Crippen LogP contribution in [0.1, 0.15) is 43.1 Å². The van der Waals surface area contributed by atoms with E-state index in [0.29, 0.717) is 40.2 Å². The number of nitrogens with zero attached hydrogens (tertiary/aromatic N) is 2. The standard InChI is InChI=1S/C24H30N4O5S/c1-6-19(21-18-12-7-15(23(30)33-4)13-20(18)27-22(21)29)26-16-8-10-17(11-9-16)28(34(5,31)32)14-24(2,3)25/h7-13,27,29H,6,14,25H2,1-5H3.